The predicted molar refractivity (Wildman–Crippen MR) is 91.6 cm³/mol. The number of benzene rings is 2. The fourth-order valence-corrected chi connectivity index (χ4v) is 2.70. The van der Waals surface area contributed by atoms with Crippen molar-refractivity contribution >= 4 is 11.6 Å². The number of nitrogens with one attached hydrogen (secondary N) is 2. The highest BCUT2D eigenvalue weighted by molar-refractivity contribution is 5.97. The average molecular weight is 310 g/mol. The van der Waals surface area contributed by atoms with E-state index in [9.17, 15) is 4.79 Å². The van der Waals surface area contributed by atoms with Gasteiger partial charge in [0.15, 0.2) is 6.10 Å². The summed E-state index contributed by atoms with van der Waals surface area (Å²) >= 11 is 0. The van der Waals surface area contributed by atoms with Crippen LogP contribution in [-0.2, 0) is 17.8 Å². The molecule has 0 radical (unpaired) electrons. The number of carbonyl (C=O) groups excluding carboxylic acids is 1. The first kappa shape index (κ1) is 15.6. The van der Waals surface area contributed by atoms with E-state index in [2.05, 4.69) is 47.9 Å². The van der Waals surface area contributed by atoms with Crippen molar-refractivity contribution in [1.29, 1.82) is 0 Å². The van der Waals surface area contributed by atoms with Crippen LogP contribution in [0.5, 0.6) is 5.75 Å². The van der Waals surface area contributed by atoms with E-state index in [0.29, 0.717) is 6.04 Å². The van der Waals surface area contributed by atoms with Crippen LogP contribution in [0.4, 0.5) is 5.69 Å². The van der Waals surface area contributed by atoms with Crippen molar-refractivity contribution in [1.82, 2.24) is 5.32 Å². The number of carbonyl (C=O) groups is 1. The highest BCUT2D eigenvalue weighted by Crippen LogP contribution is 2.30. The minimum absolute atomic E-state index is 0.0927. The van der Waals surface area contributed by atoms with E-state index in [4.69, 9.17) is 4.74 Å². The maximum absolute atomic E-state index is 11.7. The highest BCUT2D eigenvalue weighted by atomic mass is 16.5. The molecule has 1 aliphatic rings. The van der Waals surface area contributed by atoms with Gasteiger partial charge in [0.2, 0.25) is 0 Å². The standard InChI is InChI=1S/C19H22N2O2/c1-13(20-12-15-6-4-3-5-7-15)10-16-8-9-18-17(11-16)21-19(22)14(2)23-18/h3-9,11,13-14,20H,10,12H2,1-2H3,(H,21,22). The van der Waals surface area contributed by atoms with E-state index in [1.807, 2.05) is 18.2 Å². The van der Waals surface area contributed by atoms with Gasteiger partial charge in [-0.15, -0.1) is 0 Å². The van der Waals surface area contributed by atoms with Crippen LogP contribution in [0.2, 0.25) is 0 Å². The number of rotatable bonds is 5. The molecule has 1 heterocycles. The summed E-state index contributed by atoms with van der Waals surface area (Å²) in [7, 11) is 0. The van der Waals surface area contributed by atoms with Crippen LogP contribution in [0.1, 0.15) is 25.0 Å². The van der Waals surface area contributed by atoms with Gasteiger partial charge in [-0.1, -0.05) is 36.4 Å². The van der Waals surface area contributed by atoms with Crippen LogP contribution >= 0.6 is 0 Å². The third-order valence-corrected chi connectivity index (χ3v) is 4.01. The molecule has 4 nitrogen and oxygen atoms in total. The first-order valence-corrected chi connectivity index (χ1v) is 7.99. The smallest absolute Gasteiger partial charge is 0.265 e. The Balaban J connectivity index is 1.60. The van der Waals surface area contributed by atoms with Crippen LogP contribution in [0.15, 0.2) is 48.5 Å². The molecule has 2 aromatic rings. The van der Waals surface area contributed by atoms with Gasteiger partial charge in [-0.05, 0) is 43.5 Å². The lowest BCUT2D eigenvalue weighted by atomic mass is 10.0. The molecule has 0 bridgehead atoms. The Morgan fingerprint density at radius 1 is 1.17 bits per heavy atom. The van der Waals surface area contributed by atoms with Gasteiger partial charge >= 0.3 is 0 Å². The molecule has 0 aromatic heterocycles. The molecular weight excluding hydrogens is 288 g/mol. The molecule has 4 heteroatoms. The minimum Gasteiger partial charge on any atom is -0.479 e. The van der Waals surface area contributed by atoms with Crippen molar-refractivity contribution in [3.05, 3.63) is 59.7 Å². The zero-order valence-corrected chi connectivity index (χ0v) is 13.5. The van der Waals surface area contributed by atoms with Crippen LogP contribution < -0.4 is 15.4 Å². The molecular formula is C19H22N2O2. The first-order chi connectivity index (χ1) is 11.1. The fourth-order valence-electron chi connectivity index (χ4n) is 2.70. The lowest BCUT2D eigenvalue weighted by Crippen LogP contribution is -2.34. The molecule has 0 spiro atoms. The molecule has 120 valence electrons. The largest absolute Gasteiger partial charge is 0.479 e. The summed E-state index contributed by atoms with van der Waals surface area (Å²) < 4.78 is 5.58. The Kier molecular flexibility index (Phi) is 4.63. The van der Waals surface area contributed by atoms with Gasteiger partial charge in [0.1, 0.15) is 5.75 Å². The lowest BCUT2D eigenvalue weighted by molar-refractivity contribution is -0.122. The molecule has 0 aliphatic carbocycles. The fraction of sp³-hybridized carbons (Fsp3) is 0.316. The molecule has 3 rings (SSSR count). The molecule has 0 saturated carbocycles. The first-order valence-electron chi connectivity index (χ1n) is 7.99. The summed E-state index contributed by atoms with van der Waals surface area (Å²) in [5.41, 5.74) is 3.22. The van der Waals surface area contributed by atoms with Crippen LogP contribution in [0, 0.1) is 0 Å². The molecule has 2 atom stereocenters. The number of fused-ring (bicyclic) bond motifs is 1. The summed E-state index contributed by atoms with van der Waals surface area (Å²) in [6, 6.07) is 16.7. The van der Waals surface area contributed by atoms with Gasteiger partial charge in [0.25, 0.3) is 5.91 Å². The Hall–Kier alpha value is -2.33. The van der Waals surface area contributed by atoms with Crippen molar-refractivity contribution in [3.8, 4) is 5.75 Å². The van der Waals surface area contributed by atoms with E-state index in [0.717, 1.165) is 24.4 Å². The highest BCUT2D eigenvalue weighted by Gasteiger charge is 2.23. The van der Waals surface area contributed by atoms with E-state index in [-0.39, 0.29) is 5.91 Å². The maximum Gasteiger partial charge on any atom is 0.265 e. The van der Waals surface area contributed by atoms with Gasteiger partial charge in [-0.3, -0.25) is 4.79 Å². The zero-order valence-electron chi connectivity index (χ0n) is 13.5. The second kappa shape index (κ2) is 6.84. The van der Waals surface area contributed by atoms with Crippen molar-refractivity contribution in [2.75, 3.05) is 5.32 Å². The predicted octanol–water partition coefficient (Wildman–Crippen LogP) is 3.13. The number of ether oxygens (including phenoxy) is 1. The van der Waals surface area contributed by atoms with E-state index >= 15 is 0 Å². The number of hydrogen-bond donors (Lipinski definition) is 2. The Labute approximate surface area is 136 Å². The van der Waals surface area contributed by atoms with Gasteiger partial charge in [-0.25, -0.2) is 0 Å². The molecule has 1 amide bonds. The number of anilines is 1. The molecule has 0 saturated heterocycles. The second-order valence-corrected chi connectivity index (χ2v) is 6.05. The van der Waals surface area contributed by atoms with Crippen molar-refractivity contribution < 1.29 is 9.53 Å². The molecule has 23 heavy (non-hydrogen) atoms. The quantitative estimate of drug-likeness (QED) is 0.892. The summed E-state index contributed by atoms with van der Waals surface area (Å²) in [6.07, 6.45) is 0.464. The second-order valence-electron chi connectivity index (χ2n) is 6.05. The minimum atomic E-state index is -0.431. The van der Waals surface area contributed by atoms with E-state index < -0.39 is 6.10 Å². The Morgan fingerprint density at radius 2 is 1.96 bits per heavy atom. The van der Waals surface area contributed by atoms with Gasteiger partial charge in [-0.2, -0.15) is 0 Å². The topological polar surface area (TPSA) is 50.4 Å². The van der Waals surface area contributed by atoms with Gasteiger partial charge < -0.3 is 15.4 Å². The van der Waals surface area contributed by atoms with E-state index in [1.54, 1.807) is 6.92 Å². The van der Waals surface area contributed by atoms with Crippen LogP contribution in [0.25, 0.3) is 0 Å². The monoisotopic (exact) mass is 310 g/mol. The zero-order chi connectivity index (χ0) is 16.2. The van der Waals surface area contributed by atoms with Crippen molar-refractivity contribution in [3.63, 3.8) is 0 Å². The molecule has 2 aromatic carbocycles. The van der Waals surface area contributed by atoms with Crippen LogP contribution in [-0.4, -0.2) is 18.1 Å². The Morgan fingerprint density at radius 3 is 2.74 bits per heavy atom. The number of hydrogen-bond acceptors (Lipinski definition) is 3. The molecule has 0 fully saturated rings. The average Bonchev–Trinajstić information content (AvgIpc) is 2.55. The maximum atomic E-state index is 11.7. The third kappa shape index (κ3) is 3.90. The summed E-state index contributed by atoms with van der Waals surface area (Å²) in [5.74, 6) is 0.649. The van der Waals surface area contributed by atoms with Crippen LogP contribution in [0.3, 0.4) is 0 Å². The van der Waals surface area contributed by atoms with Gasteiger partial charge in [0.05, 0.1) is 5.69 Å². The lowest BCUT2D eigenvalue weighted by Gasteiger charge is -2.24. The normalized spacial score (nSPS) is 17.8. The van der Waals surface area contributed by atoms with Crippen molar-refractivity contribution in [2.24, 2.45) is 0 Å². The van der Waals surface area contributed by atoms with E-state index in [1.165, 1.54) is 11.1 Å². The Bertz CT molecular complexity index is 685. The summed E-state index contributed by atoms with van der Waals surface area (Å²) in [4.78, 5) is 11.7. The molecule has 1 aliphatic heterocycles. The number of amides is 1. The molecule has 2 N–H and O–H groups in total. The van der Waals surface area contributed by atoms with Gasteiger partial charge in [0, 0.05) is 12.6 Å². The molecule has 2 unspecified atom stereocenters. The summed E-state index contributed by atoms with van der Waals surface area (Å²) in [5, 5.41) is 6.42. The summed E-state index contributed by atoms with van der Waals surface area (Å²) in [6.45, 7) is 4.77. The van der Waals surface area contributed by atoms with Crippen molar-refractivity contribution in [2.45, 2.75) is 39.0 Å². The third-order valence-electron chi connectivity index (χ3n) is 4.01. The SMILES string of the molecule is CC(Cc1ccc2c(c1)NC(=O)C(C)O2)NCc1ccccc1.